The number of hydrogen-bond donors (Lipinski definition) is 1. The number of ether oxygens (including phenoxy) is 1. The zero-order valence-corrected chi connectivity index (χ0v) is 8.73. The minimum Gasteiger partial charge on any atom is -0.491 e. The molecule has 0 fully saturated rings. The molecule has 1 amide bonds. The molecule has 1 aromatic carbocycles. The van der Waals surface area contributed by atoms with E-state index in [-0.39, 0.29) is 11.5 Å². The standard InChI is InChI=1S/C9H7BrFNO2/c10-6-4-8-5(3-7(6)11)9(13)12-1-2-14-8/h3-4H,1-2H2,(H,12,13). The van der Waals surface area contributed by atoms with Gasteiger partial charge in [0.05, 0.1) is 16.6 Å². The van der Waals surface area contributed by atoms with Crippen LogP contribution in [0.2, 0.25) is 0 Å². The van der Waals surface area contributed by atoms with Crippen LogP contribution in [0.15, 0.2) is 16.6 Å². The number of rotatable bonds is 0. The lowest BCUT2D eigenvalue weighted by Gasteiger charge is -2.05. The summed E-state index contributed by atoms with van der Waals surface area (Å²) in [5.74, 6) is -0.360. The molecule has 5 heteroatoms. The Morgan fingerprint density at radius 2 is 2.29 bits per heavy atom. The van der Waals surface area contributed by atoms with Crippen LogP contribution in [0.25, 0.3) is 0 Å². The summed E-state index contributed by atoms with van der Waals surface area (Å²) >= 11 is 3.03. The molecule has 0 spiro atoms. The second-order valence-corrected chi connectivity index (χ2v) is 3.72. The van der Waals surface area contributed by atoms with Crippen LogP contribution in [0.3, 0.4) is 0 Å². The highest BCUT2D eigenvalue weighted by Crippen LogP contribution is 2.27. The number of carbonyl (C=O) groups is 1. The van der Waals surface area contributed by atoms with Gasteiger partial charge >= 0.3 is 0 Å². The molecule has 0 radical (unpaired) electrons. The molecule has 0 aromatic heterocycles. The number of carbonyl (C=O) groups excluding carboxylic acids is 1. The average molecular weight is 260 g/mol. The number of halogens is 2. The second kappa shape index (κ2) is 3.57. The van der Waals surface area contributed by atoms with E-state index >= 15 is 0 Å². The van der Waals surface area contributed by atoms with Gasteiger partial charge in [-0.1, -0.05) is 0 Å². The summed E-state index contributed by atoms with van der Waals surface area (Å²) in [6, 6.07) is 2.63. The molecule has 0 saturated carbocycles. The largest absolute Gasteiger partial charge is 0.491 e. The Hall–Kier alpha value is -1.10. The fraction of sp³-hybridized carbons (Fsp3) is 0.222. The zero-order chi connectivity index (χ0) is 10.1. The molecule has 0 saturated heterocycles. The molecule has 74 valence electrons. The van der Waals surface area contributed by atoms with Gasteiger partial charge in [-0.25, -0.2) is 4.39 Å². The first-order valence-electron chi connectivity index (χ1n) is 4.08. The first-order valence-corrected chi connectivity index (χ1v) is 4.88. The Morgan fingerprint density at radius 3 is 3.07 bits per heavy atom. The van der Waals surface area contributed by atoms with Crippen molar-refractivity contribution in [1.29, 1.82) is 0 Å². The first-order chi connectivity index (χ1) is 6.68. The van der Waals surface area contributed by atoms with Crippen LogP contribution < -0.4 is 10.1 Å². The molecule has 2 rings (SSSR count). The molecule has 1 heterocycles. The molecule has 0 unspecified atom stereocenters. The van der Waals surface area contributed by atoms with Gasteiger partial charge in [0.1, 0.15) is 18.2 Å². The van der Waals surface area contributed by atoms with Crippen molar-refractivity contribution in [2.45, 2.75) is 0 Å². The van der Waals surface area contributed by atoms with Gasteiger partial charge in [-0.2, -0.15) is 0 Å². The van der Waals surface area contributed by atoms with Crippen LogP contribution in [-0.2, 0) is 0 Å². The normalized spacial score (nSPS) is 15.1. The van der Waals surface area contributed by atoms with Gasteiger partial charge in [0.15, 0.2) is 0 Å². The van der Waals surface area contributed by atoms with Crippen molar-refractivity contribution in [3.63, 3.8) is 0 Å². The Balaban J connectivity index is 2.54. The van der Waals surface area contributed by atoms with Crippen molar-refractivity contribution >= 4 is 21.8 Å². The van der Waals surface area contributed by atoms with Crippen molar-refractivity contribution in [3.05, 3.63) is 28.0 Å². The van der Waals surface area contributed by atoms with Gasteiger partial charge in [0.25, 0.3) is 5.91 Å². The van der Waals surface area contributed by atoms with Crippen molar-refractivity contribution in [2.75, 3.05) is 13.2 Å². The maximum absolute atomic E-state index is 13.1. The number of nitrogens with one attached hydrogen (secondary N) is 1. The molecule has 1 aliphatic heterocycles. The van der Waals surface area contributed by atoms with Crippen molar-refractivity contribution in [2.24, 2.45) is 0 Å². The minimum atomic E-state index is -0.468. The van der Waals surface area contributed by atoms with E-state index in [0.29, 0.717) is 23.4 Å². The van der Waals surface area contributed by atoms with Crippen molar-refractivity contribution < 1.29 is 13.9 Å². The van der Waals surface area contributed by atoms with E-state index in [1.807, 2.05) is 0 Å². The smallest absolute Gasteiger partial charge is 0.255 e. The van der Waals surface area contributed by atoms with Crippen LogP contribution in [0, 0.1) is 5.82 Å². The van der Waals surface area contributed by atoms with E-state index in [0.717, 1.165) is 0 Å². The molecule has 1 aliphatic rings. The van der Waals surface area contributed by atoms with Gasteiger partial charge < -0.3 is 10.1 Å². The quantitative estimate of drug-likeness (QED) is 0.771. The Labute approximate surface area is 88.4 Å². The third-order valence-electron chi connectivity index (χ3n) is 1.91. The average Bonchev–Trinajstić information content (AvgIpc) is 2.31. The molecule has 0 bridgehead atoms. The number of fused-ring (bicyclic) bond motifs is 1. The lowest BCUT2D eigenvalue weighted by atomic mass is 10.2. The van der Waals surface area contributed by atoms with E-state index in [2.05, 4.69) is 21.2 Å². The summed E-state index contributed by atoms with van der Waals surface area (Å²) in [6.07, 6.45) is 0. The fourth-order valence-corrected chi connectivity index (χ4v) is 1.57. The molecular formula is C9H7BrFNO2. The Morgan fingerprint density at radius 1 is 1.50 bits per heavy atom. The molecule has 0 atom stereocenters. The van der Waals surface area contributed by atoms with E-state index in [4.69, 9.17) is 4.74 Å². The van der Waals surface area contributed by atoms with Crippen LogP contribution in [0.5, 0.6) is 5.75 Å². The number of benzene rings is 1. The number of amides is 1. The molecule has 1 N–H and O–H groups in total. The minimum absolute atomic E-state index is 0.239. The van der Waals surface area contributed by atoms with Gasteiger partial charge in [-0.15, -0.1) is 0 Å². The van der Waals surface area contributed by atoms with Gasteiger partial charge in [-0.05, 0) is 28.1 Å². The second-order valence-electron chi connectivity index (χ2n) is 2.87. The Bertz CT molecular complexity index is 395. The molecule has 3 nitrogen and oxygen atoms in total. The maximum Gasteiger partial charge on any atom is 0.255 e. The lowest BCUT2D eigenvalue weighted by molar-refractivity contribution is 0.0956. The summed E-state index contributed by atoms with van der Waals surface area (Å²) in [5.41, 5.74) is 0.239. The van der Waals surface area contributed by atoms with Crippen LogP contribution in [0.4, 0.5) is 4.39 Å². The van der Waals surface area contributed by atoms with E-state index in [1.165, 1.54) is 12.1 Å². The lowest BCUT2D eigenvalue weighted by Crippen LogP contribution is -2.24. The third kappa shape index (κ3) is 1.59. The van der Waals surface area contributed by atoms with Gasteiger partial charge in [0, 0.05) is 0 Å². The summed E-state index contributed by atoms with van der Waals surface area (Å²) in [4.78, 5) is 11.4. The Kier molecular flexibility index (Phi) is 2.41. The highest BCUT2D eigenvalue weighted by atomic mass is 79.9. The topological polar surface area (TPSA) is 38.3 Å². The van der Waals surface area contributed by atoms with E-state index in [1.54, 1.807) is 0 Å². The monoisotopic (exact) mass is 259 g/mol. The van der Waals surface area contributed by atoms with Crippen LogP contribution in [-0.4, -0.2) is 19.1 Å². The SMILES string of the molecule is O=C1NCCOc2cc(Br)c(F)cc21. The predicted octanol–water partition coefficient (Wildman–Crippen LogP) is 1.71. The van der Waals surface area contributed by atoms with Crippen LogP contribution in [0.1, 0.15) is 10.4 Å². The molecular weight excluding hydrogens is 253 g/mol. The predicted molar refractivity (Wildman–Crippen MR) is 51.9 cm³/mol. The van der Waals surface area contributed by atoms with E-state index < -0.39 is 5.82 Å². The fourth-order valence-electron chi connectivity index (χ4n) is 1.25. The summed E-state index contributed by atoms with van der Waals surface area (Å²) in [7, 11) is 0. The zero-order valence-electron chi connectivity index (χ0n) is 7.14. The molecule has 0 aliphatic carbocycles. The summed E-state index contributed by atoms with van der Waals surface area (Å²) < 4.78 is 18.7. The van der Waals surface area contributed by atoms with Crippen molar-refractivity contribution in [3.8, 4) is 5.75 Å². The molecule has 1 aromatic rings. The van der Waals surface area contributed by atoms with Crippen LogP contribution >= 0.6 is 15.9 Å². The van der Waals surface area contributed by atoms with E-state index in [9.17, 15) is 9.18 Å². The van der Waals surface area contributed by atoms with Gasteiger partial charge in [-0.3, -0.25) is 4.79 Å². The summed E-state index contributed by atoms with van der Waals surface area (Å²) in [5, 5.41) is 2.60. The van der Waals surface area contributed by atoms with Gasteiger partial charge in [0.2, 0.25) is 0 Å². The summed E-state index contributed by atoms with van der Waals surface area (Å²) in [6.45, 7) is 0.837. The molecule has 14 heavy (non-hydrogen) atoms. The first kappa shape index (κ1) is 9.45. The highest BCUT2D eigenvalue weighted by Gasteiger charge is 2.18. The third-order valence-corrected chi connectivity index (χ3v) is 2.52. The number of hydrogen-bond acceptors (Lipinski definition) is 2. The highest BCUT2D eigenvalue weighted by molar-refractivity contribution is 9.10. The van der Waals surface area contributed by atoms with Crippen molar-refractivity contribution in [1.82, 2.24) is 5.32 Å². The maximum atomic E-state index is 13.1.